The molecule has 0 aliphatic carbocycles. The van der Waals surface area contributed by atoms with Crippen molar-refractivity contribution in [1.82, 2.24) is 5.43 Å². The van der Waals surface area contributed by atoms with Crippen LogP contribution in [-0.2, 0) is 4.79 Å². The fourth-order valence-corrected chi connectivity index (χ4v) is 2.44. The first-order valence-electron chi connectivity index (χ1n) is 7.90. The number of aromatic hydroxyl groups is 1. The first kappa shape index (κ1) is 19.7. The number of para-hydroxylation sites is 1. The standard InChI is InChI=1S/C18H19N3O6/c1-11-5-4-6-12(2)17(11)27-10-15(23)20-19-9-13-7-8-14(22)18(26-3)16(13)21(24)25/h4-9,22H,10H2,1-3H3,(H,20,23)/b19-9+. The summed E-state index contributed by atoms with van der Waals surface area (Å²) in [5.41, 5.74) is 3.64. The second-order valence-electron chi connectivity index (χ2n) is 5.62. The topological polar surface area (TPSA) is 123 Å². The van der Waals surface area contributed by atoms with Gasteiger partial charge in [-0.2, -0.15) is 5.10 Å². The quantitative estimate of drug-likeness (QED) is 0.436. The zero-order chi connectivity index (χ0) is 20.0. The van der Waals surface area contributed by atoms with E-state index in [0.29, 0.717) is 5.75 Å². The van der Waals surface area contributed by atoms with E-state index in [2.05, 4.69) is 10.5 Å². The Balaban J connectivity index is 2.05. The van der Waals surface area contributed by atoms with E-state index >= 15 is 0 Å². The van der Waals surface area contributed by atoms with Gasteiger partial charge in [-0.1, -0.05) is 18.2 Å². The number of aryl methyl sites for hydroxylation is 2. The number of hydrogen-bond acceptors (Lipinski definition) is 7. The van der Waals surface area contributed by atoms with E-state index in [0.717, 1.165) is 17.3 Å². The molecule has 0 fully saturated rings. The van der Waals surface area contributed by atoms with Crippen LogP contribution in [0, 0.1) is 24.0 Å². The second kappa shape index (κ2) is 8.65. The van der Waals surface area contributed by atoms with Crippen LogP contribution in [0.2, 0.25) is 0 Å². The third kappa shape index (κ3) is 4.72. The van der Waals surface area contributed by atoms with Gasteiger partial charge in [0.05, 0.1) is 23.8 Å². The van der Waals surface area contributed by atoms with Crippen LogP contribution in [-0.4, -0.2) is 35.9 Å². The largest absolute Gasteiger partial charge is 0.504 e. The minimum Gasteiger partial charge on any atom is -0.504 e. The number of nitrogens with zero attached hydrogens (tertiary/aromatic N) is 2. The number of rotatable bonds is 7. The molecule has 0 aliphatic heterocycles. The molecule has 9 nitrogen and oxygen atoms in total. The molecule has 2 N–H and O–H groups in total. The molecular weight excluding hydrogens is 354 g/mol. The van der Waals surface area contributed by atoms with Gasteiger partial charge in [-0.05, 0) is 37.1 Å². The summed E-state index contributed by atoms with van der Waals surface area (Å²) in [7, 11) is 1.20. The average molecular weight is 373 g/mol. The fourth-order valence-electron chi connectivity index (χ4n) is 2.44. The van der Waals surface area contributed by atoms with Crippen molar-refractivity contribution in [2.75, 3.05) is 13.7 Å². The van der Waals surface area contributed by atoms with E-state index in [1.54, 1.807) is 0 Å². The molecule has 0 radical (unpaired) electrons. The summed E-state index contributed by atoms with van der Waals surface area (Å²) in [6, 6.07) is 8.16. The van der Waals surface area contributed by atoms with Gasteiger partial charge in [0.15, 0.2) is 12.4 Å². The minimum atomic E-state index is -0.703. The molecule has 0 bridgehead atoms. The molecule has 0 aliphatic rings. The van der Waals surface area contributed by atoms with Crippen LogP contribution in [0.5, 0.6) is 17.2 Å². The van der Waals surface area contributed by atoms with Gasteiger partial charge in [-0.15, -0.1) is 0 Å². The van der Waals surface area contributed by atoms with Gasteiger partial charge in [0.25, 0.3) is 5.91 Å². The summed E-state index contributed by atoms with van der Waals surface area (Å²) < 4.78 is 10.4. The number of phenolic OH excluding ortho intramolecular Hbond substituents is 1. The molecule has 0 unspecified atom stereocenters. The zero-order valence-corrected chi connectivity index (χ0v) is 15.1. The highest BCUT2D eigenvalue weighted by Gasteiger charge is 2.23. The van der Waals surface area contributed by atoms with Crippen molar-refractivity contribution in [3.8, 4) is 17.2 Å². The number of amides is 1. The third-order valence-corrected chi connectivity index (χ3v) is 3.68. The number of nitro groups is 1. The number of hydrazone groups is 1. The first-order chi connectivity index (χ1) is 12.8. The maximum absolute atomic E-state index is 11.9. The molecular formula is C18H19N3O6. The summed E-state index contributed by atoms with van der Waals surface area (Å²) in [5, 5.41) is 24.6. The number of nitrogens with one attached hydrogen (secondary N) is 1. The van der Waals surface area contributed by atoms with Crippen LogP contribution in [0.1, 0.15) is 16.7 Å². The monoisotopic (exact) mass is 373 g/mol. The molecule has 1 amide bonds. The molecule has 2 aromatic carbocycles. The van der Waals surface area contributed by atoms with Crippen LogP contribution in [0.15, 0.2) is 35.4 Å². The van der Waals surface area contributed by atoms with Crippen molar-refractivity contribution >= 4 is 17.8 Å². The maximum atomic E-state index is 11.9. The van der Waals surface area contributed by atoms with Crippen LogP contribution in [0.3, 0.4) is 0 Å². The van der Waals surface area contributed by atoms with Gasteiger partial charge in [0.1, 0.15) is 5.75 Å². The predicted molar refractivity (Wildman–Crippen MR) is 98.5 cm³/mol. The van der Waals surface area contributed by atoms with Crippen LogP contribution < -0.4 is 14.9 Å². The summed E-state index contributed by atoms with van der Waals surface area (Å²) >= 11 is 0. The lowest BCUT2D eigenvalue weighted by Crippen LogP contribution is -2.25. The lowest BCUT2D eigenvalue weighted by Gasteiger charge is -2.10. The lowest BCUT2D eigenvalue weighted by molar-refractivity contribution is -0.386. The SMILES string of the molecule is COc1c(O)ccc(/C=N/NC(=O)COc2c(C)cccc2C)c1[N+](=O)[O-]. The number of hydrogen-bond donors (Lipinski definition) is 2. The normalized spacial score (nSPS) is 10.6. The Morgan fingerprint density at radius 3 is 2.52 bits per heavy atom. The Morgan fingerprint density at radius 1 is 1.26 bits per heavy atom. The van der Waals surface area contributed by atoms with Gasteiger partial charge in [-0.25, -0.2) is 5.43 Å². The van der Waals surface area contributed by atoms with Crippen LogP contribution in [0.25, 0.3) is 0 Å². The highest BCUT2D eigenvalue weighted by atomic mass is 16.6. The van der Waals surface area contributed by atoms with Gasteiger partial charge in [0.2, 0.25) is 5.75 Å². The van der Waals surface area contributed by atoms with Crippen molar-refractivity contribution in [3.63, 3.8) is 0 Å². The molecule has 0 heterocycles. The van der Waals surface area contributed by atoms with Crippen LogP contribution in [0.4, 0.5) is 5.69 Å². The Hall–Kier alpha value is -3.62. The lowest BCUT2D eigenvalue weighted by atomic mass is 10.1. The smallest absolute Gasteiger partial charge is 0.323 e. The van der Waals surface area contributed by atoms with Crippen molar-refractivity contribution in [2.24, 2.45) is 5.10 Å². The van der Waals surface area contributed by atoms with Gasteiger partial charge < -0.3 is 14.6 Å². The average Bonchev–Trinajstić information content (AvgIpc) is 2.61. The molecule has 0 saturated heterocycles. The Morgan fingerprint density at radius 2 is 1.93 bits per heavy atom. The number of benzene rings is 2. The minimum absolute atomic E-state index is 0.0608. The highest BCUT2D eigenvalue weighted by Crippen LogP contribution is 2.37. The number of phenols is 1. The zero-order valence-electron chi connectivity index (χ0n) is 15.1. The fraction of sp³-hybridized carbons (Fsp3) is 0.222. The molecule has 2 aromatic rings. The summed E-state index contributed by atoms with van der Waals surface area (Å²) in [4.78, 5) is 22.4. The Kier molecular flexibility index (Phi) is 6.32. The van der Waals surface area contributed by atoms with E-state index < -0.39 is 16.5 Å². The van der Waals surface area contributed by atoms with E-state index in [-0.39, 0.29) is 23.7 Å². The Labute approximate surface area is 155 Å². The second-order valence-corrected chi connectivity index (χ2v) is 5.62. The van der Waals surface area contributed by atoms with Crippen LogP contribution >= 0.6 is 0 Å². The molecule has 27 heavy (non-hydrogen) atoms. The number of ether oxygens (including phenoxy) is 2. The maximum Gasteiger partial charge on any atom is 0.323 e. The van der Waals surface area contributed by atoms with E-state index in [4.69, 9.17) is 9.47 Å². The number of carbonyl (C=O) groups is 1. The summed E-state index contributed by atoms with van der Waals surface area (Å²) in [5.74, 6) is -0.557. The van der Waals surface area contributed by atoms with Crippen molar-refractivity contribution in [2.45, 2.75) is 13.8 Å². The van der Waals surface area contributed by atoms with Gasteiger partial charge >= 0.3 is 5.69 Å². The highest BCUT2D eigenvalue weighted by molar-refractivity contribution is 5.89. The molecule has 0 saturated carbocycles. The van der Waals surface area contributed by atoms with E-state index in [1.165, 1.54) is 19.2 Å². The van der Waals surface area contributed by atoms with Gasteiger partial charge in [0, 0.05) is 0 Å². The van der Waals surface area contributed by atoms with Crippen molar-refractivity contribution in [1.29, 1.82) is 0 Å². The van der Waals surface area contributed by atoms with E-state index in [9.17, 15) is 20.0 Å². The Bertz CT molecular complexity index is 875. The number of nitro benzene ring substituents is 1. The molecule has 0 aromatic heterocycles. The van der Waals surface area contributed by atoms with Crippen molar-refractivity contribution < 1.29 is 24.3 Å². The van der Waals surface area contributed by atoms with E-state index in [1.807, 2.05) is 32.0 Å². The molecule has 9 heteroatoms. The first-order valence-corrected chi connectivity index (χ1v) is 7.90. The predicted octanol–water partition coefficient (Wildman–Crippen LogP) is 2.45. The number of methoxy groups -OCH3 is 1. The van der Waals surface area contributed by atoms with Gasteiger partial charge in [-0.3, -0.25) is 14.9 Å². The summed E-state index contributed by atoms with van der Waals surface area (Å²) in [6.07, 6.45) is 1.09. The molecule has 2 rings (SSSR count). The molecule has 142 valence electrons. The van der Waals surface area contributed by atoms with Crippen molar-refractivity contribution in [3.05, 3.63) is 57.1 Å². The molecule has 0 atom stereocenters. The third-order valence-electron chi connectivity index (χ3n) is 3.68. The number of carbonyl (C=O) groups excluding carboxylic acids is 1. The summed E-state index contributed by atoms with van der Waals surface area (Å²) in [6.45, 7) is 3.48. The molecule has 0 spiro atoms.